The van der Waals surface area contributed by atoms with Gasteiger partial charge < -0.3 is 4.79 Å². The third-order valence-corrected chi connectivity index (χ3v) is 3.50. The summed E-state index contributed by atoms with van der Waals surface area (Å²) in [4.78, 5) is 11.1. The van der Waals surface area contributed by atoms with Crippen molar-refractivity contribution in [2.45, 2.75) is 52.9 Å². The van der Waals surface area contributed by atoms with Crippen molar-refractivity contribution in [3.05, 3.63) is 34.9 Å². The number of carbonyl (C=O) groups excluding carboxylic acids is 1. The molecule has 0 saturated carbocycles. The van der Waals surface area contributed by atoms with Crippen LogP contribution in [0.2, 0.25) is 0 Å². The molecule has 0 amide bonds. The molecule has 0 heterocycles. The SMILES string of the molecule is CC1=CCCC=C(C)CCC(C=O)C(C)=CC1. The fourth-order valence-electron chi connectivity index (χ4n) is 2.10. The van der Waals surface area contributed by atoms with Crippen LogP contribution in [0.3, 0.4) is 0 Å². The maximum absolute atomic E-state index is 11.1. The lowest BCUT2D eigenvalue weighted by molar-refractivity contribution is -0.110. The van der Waals surface area contributed by atoms with Gasteiger partial charge in [0.25, 0.3) is 0 Å². The van der Waals surface area contributed by atoms with E-state index in [4.69, 9.17) is 0 Å². The summed E-state index contributed by atoms with van der Waals surface area (Å²) in [5.74, 6) is 0.102. The molecule has 0 radical (unpaired) electrons. The molecule has 17 heavy (non-hydrogen) atoms. The molecule has 0 aromatic heterocycles. The third-order valence-electron chi connectivity index (χ3n) is 3.50. The zero-order chi connectivity index (χ0) is 12.7. The number of hydrogen-bond acceptors (Lipinski definition) is 1. The van der Waals surface area contributed by atoms with Crippen molar-refractivity contribution < 1.29 is 4.79 Å². The van der Waals surface area contributed by atoms with E-state index in [0.29, 0.717) is 0 Å². The van der Waals surface area contributed by atoms with E-state index < -0.39 is 0 Å². The molecule has 1 aliphatic carbocycles. The molecule has 0 fully saturated rings. The monoisotopic (exact) mass is 232 g/mol. The van der Waals surface area contributed by atoms with E-state index >= 15 is 0 Å². The molecule has 1 aliphatic rings. The summed E-state index contributed by atoms with van der Waals surface area (Å²) in [6.07, 6.45) is 13.2. The van der Waals surface area contributed by atoms with Gasteiger partial charge in [-0.25, -0.2) is 0 Å². The van der Waals surface area contributed by atoms with Gasteiger partial charge in [-0.1, -0.05) is 34.9 Å². The zero-order valence-electron chi connectivity index (χ0n) is 11.3. The first-order valence-corrected chi connectivity index (χ1v) is 6.56. The van der Waals surface area contributed by atoms with Gasteiger partial charge in [-0.2, -0.15) is 0 Å². The molecule has 94 valence electrons. The molecule has 1 unspecified atom stereocenters. The Morgan fingerprint density at radius 1 is 1.06 bits per heavy atom. The van der Waals surface area contributed by atoms with Gasteiger partial charge in [0.05, 0.1) is 0 Å². The fraction of sp³-hybridized carbons (Fsp3) is 0.562. The average molecular weight is 232 g/mol. The number of allylic oxidation sites excluding steroid dienone is 6. The fourth-order valence-corrected chi connectivity index (χ4v) is 2.10. The van der Waals surface area contributed by atoms with Crippen molar-refractivity contribution in [2.24, 2.45) is 5.92 Å². The molecule has 1 atom stereocenters. The molecule has 1 rings (SSSR count). The highest BCUT2D eigenvalue weighted by atomic mass is 16.1. The average Bonchev–Trinajstić information content (AvgIpc) is 2.31. The van der Waals surface area contributed by atoms with Gasteiger partial charge in [0.2, 0.25) is 0 Å². The van der Waals surface area contributed by atoms with Crippen molar-refractivity contribution in [3.63, 3.8) is 0 Å². The van der Waals surface area contributed by atoms with Crippen molar-refractivity contribution in [1.82, 2.24) is 0 Å². The number of carbonyl (C=O) groups is 1. The molecule has 1 nitrogen and oxygen atoms in total. The van der Waals surface area contributed by atoms with Gasteiger partial charge >= 0.3 is 0 Å². The van der Waals surface area contributed by atoms with Gasteiger partial charge in [0.1, 0.15) is 6.29 Å². The molecule has 0 bridgehead atoms. The van der Waals surface area contributed by atoms with E-state index in [1.807, 2.05) is 0 Å². The van der Waals surface area contributed by atoms with Crippen LogP contribution in [0.25, 0.3) is 0 Å². The molecule has 0 spiro atoms. The largest absolute Gasteiger partial charge is 0.303 e. The zero-order valence-corrected chi connectivity index (χ0v) is 11.3. The topological polar surface area (TPSA) is 17.1 Å². The van der Waals surface area contributed by atoms with E-state index in [0.717, 1.165) is 38.4 Å². The highest BCUT2D eigenvalue weighted by Gasteiger charge is 2.09. The molecule has 0 aliphatic heterocycles. The van der Waals surface area contributed by atoms with Crippen LogP contribution in [0, 0.1) is 5.92 Å². The van der Waals surface area contributed by atoms with Crippen LogP contribution < -0.4 is 0 Å². The molecule has 0 saturated heterocycles. The molecule has 0 aromatic carbocycles. The normalized spacial score (nSPS) is 23.7. The van der Waals surface area contributed by atoms with E-state index in [9.17, 15) is 4.79 Å². The van der Waals surface area contributed by atoms with Crippen molar-refractivity contribution in [1.29, 1.82) is 0 Å². The van der Waals surface area contributed by atoms with Crippen LogP contribution >= 0.6 is 0 Å². The smallest absolute Gasteiger partial charge is 0.127 e. The maximum Gasteiger partial charge on any atom is 0.127 e. The lowest BCUT2D eigenvalue weighted by Crippen LogP contribution is -2.04. The van der Waals surface area contributed by atoms with Crippen LogP contribution in [0.15, 0.2) is 34.9 Å². The van der Waals surface area contributed by atoms with Crippen LogP contribution in [-0.4, -0.2) is 6.29 Å². The van der Waals surface area contributed by atoms with Crippen LogP contribution in [0.4, 0.5) is 0 Å². The van der Waals surface area contributed by atoms with Gasteiger partial charge in [-0.05, 0) is 52.9 Å². The van der Waals surface area contributed by atoms with Crippen LogP contribution in [-0.2, 0) is 4.79 Å². The molecular weight excluding hydrogens is 208 g/mol. The Hall–Kier alpha value is -1.11. The molecule has 1 heteroatoms. The number of rotatable bonds is 1. The first kappa shape index (κ1) is 14.0. The predicted molar refractivity (Wildman–Crippen MR) is 73.9 cm³/mol. The second-order valence-electron chi connectivity index (χ2n) is 5.11. The Bertz CT molecular complexity index is 345. The first-order chi connectivity index (χ1) is 8.13. The minimum Gasteiger partial charge on any atom is -0.303 e. The van der Waals surface area contributed by atoms with Gasteiger partial charge in [-0.15, -0.1) is 0 Å². The summed E-state index contributed by atoms with van der Waals surface area (Å²) < 4.78 is 0. The van der Waals surface area contributed by atoms with Gasteiger partial charge in [0.15, 0.2) is 0 Å². The van der Waals surface area contributed by atoms with E-state index in [1.54, 1.807) is 0 Å². The minimum absolute atomic E-state index is 0.102. The van der Waals surface area contributed by atoms with E-state index in [1.165, 1.54) is 16.7 Å². The first-order valence-electron chi connectivity index (χ1n) is 6.56. The molecule has 0 aromatic rings. The third kappa shape index (κ3) is 5.16. The Morgan fingerprint density at radius 2 is 1.71 bits per heavy atom. The van der Waals surface area contributed by atoms with Crippen LogP contribution in [0.5, 0.6) is 0 Å². The Kier molecular flexibility index (Phi) is 5.96. The summed E-state index contributed by atoms with van der Waals surface area (Å²) >= 11 is 0. The Morgan fingerprint density at radius 3 is 2.35 bits per heavy atom. The van der Waals surface area contributed by atoms with Gasteiger partial charge in [0, 0.05) is 5.92 Å². The number of aldehydes is 1. The van der Waals surface area contributed by atoms with Crippen molar-refractivity contribution >= 4 is 6.29 Å². The van der Waals surface area contributed by atoms with Crippen molar-refractivity contribution in [3.8, 4) is 0 Å². The summed E-state index contributed by atoms with van der Waals surface area (Å²) in [7, 11) is 0. The molecular formula is C16H24O. The quantitative estimate of drug-likeness (QED) is 0.477. The van der Waals surface area contributed by atoms with Crippen molar-refractivity contribution in [2.75, 3.05) is 0 Å². The van der Waals surface area contributed by atoms with E-state index in [-0.39, 0.29) is 5.92 Å². The lowest BCUT2D eigenvalue weighted by Gasteiger charge is -2.12. The van der Waals surface area contributed by atoms with Crippen LogP contribution in [0.1, 0.15) is 52.9 Å². The second kappa shape index (κ2) is 7.26. The minimum atomic E-state index is 0.102. The second-order valence-corrected chi connectivity index (χ2v) is 5.11. The maximum atomic E-state index is 11.1. The Labute approximate surface area is 105 Å². The highest BCUT2D eigenvalue weighted by molar-refractivity contribution is 5.58. The summed E-state index contributed by atoms with van der Waals surface area (Å²) in [6, 6.07) is 0. The summed E-state index contributed by atoms with van der Waals surface area (Å²) in [6.45, 7) is 6.42. The predicted octanol–water partition coefficient (Wildman–Crippen LogP) is 4.60. The summed E-state index contributed by atoms with van der Waals surface area (Å²) in [5, 5.41) is 0. The molecule has 0 N–H and O–H groups in total. The summed E-state index contributed by atoms with van der Waals surface area (Å²) in [5.41, 5.74) is 4.04. The van der Waals surface area contributed by atoms with E-state index in [2.05, 4.69) is 39.0 Å². The highest BCUT2D eigenvalue weighted by Crippen LogP contribution is 2.20. The standard InChI is InChI=1S/C16H24O/c1-13-6-4-5-7-14(2)9-11-16(12-17)15(3)10-8-13/h6-7,10,12,16H,4-5,8-9,11H2,1-3H3. The van der Waals surface area contributed by atoms with Gasteiger partial charge in [-0.3, -0.25) is 0 Å². The lowest BCUT2D eigenvalue weighted by atomic mass is 9.92. The number of hydrogen-bond donors (Lipinski definition) is 0. The Balaban J connectivity index is 2.83.